The molecule has 0 aromatic carbocycles. The molecule has 1 saturated carbocycles. The molecule has 0 radical (unpaired) electrons. The highest BCUT2D eigenvalue weighted by molar-refractivity contribution is 7.09. The minimum absolute atomic E-state index is 0.0474. The summed E-state index contributed by atoms with van der Waals surface area (Å²) in [6.45, 7) is 12.1. The van der Waals surface area contributed by atoms with Crippen molar-refractivity contribution in [3.63, 3.8) is 0 Å². The normalized spacial score (nSPS) is 18.5. The first kappa shape index (κ1) is 12.8. The average molecular weight is 253 g/mol. The summed E-state index contributed by atoms with van der Waals surface area (Å²) in [5.41, 5.74) is 0.569. The number of anilines is 1. The standard InChI is InChI=1S/C13H23N3S/c1-9(2)13(6-7-13)8-14-11-15-10(16-17-11)12(3,4)5/h9H,6-8H2,1-5H3,(H,14,15,16). The van der Waals surface area contributed by atoms with Crippen molar-refractivity contribution in [2.75, 3.05) is 11.9 Å². The summed E-state index contributed by atoms with van der Waals surface area (Å²) in [5.74, 6) is 1.70. The maximum absolute atomic E-state index is 4.57. The molecule has 0 spiro atoms. The second kappa shape index (κ2) is 4.23. The summed E-state index contributed by atoms with van der Waals surface area (Å²) >= 11 is 1.48. The van der Waals surface area contributed by atoms with Gasteiger partial charge in [0, 0.05) is 23.5 Å². The van der Waals surface area contributed by atoms with E-state index in [1.807, 2.05) is 0 Å². The molecule has 0 aliphatic heterocycles. The molecule has 0 bridgehead atoms. The van der Waals surface area contributed by atoms with E-state index < -0.39 is 0 Å². The highest BCUT2D eigenvalue weighted by Crippen LogP contribution is 2.51. The van der Waals surface area contributed by atoms with E-state index in [1.54, 1.807) is 0 Å². The Kier molecular flexibility index (Phi) is 3.19. The fourth-order valence-electron chi connectivity index (χ4n) is 1.97. The number of nitrogens with one attached hydrogen (secondary N) is 1. The van der Waals surface area contributed by atoms with Gasteiger partial charge in [-0.05, 0) is 24.2 Å². The Hall–Kier alpha value is -0.640. The van der Waals surface area contributed by atoms with Crippen LogP contribution in [0, 0.1) is 11.3 Å². The molecule has 1 fully saturated rings. The summed E-state index contributed by atoms with van der Waals surface area (Å²) in [5, 5.41) is 4.44. The number of rotatable bonds is 4. The van der Waals surface area contributed by atoms with Gasteiger partial charge in [0.1, 0.15) is 5.82 Å². The molecule has 4 heteroatoms. The van der Waals surface area contributed by atoms with E-state index in [0.29, 0.717) is 5.41 Å². The molecule has 1 aromatic heterocycles. The van der Waals surface area contributed by atoms with Gasteiger partial charge < -0.3 is 5.32 Å². The van der Waals surface area contributed by atoms with Gasteiger partial charge in [0.2, 0.25) is 5.13 Å². The van der Waals surface area contributed by atoms with Gasteiger partial charge in [-0.25, -0.2) is 4.98 Å². The van der Waals surface area contributed by atoms with Crippen LogP contribution in [0.4, 0.5) is 5.13 Å². The summed E-state index contributed by atoms with van der Waals surface area (Å²) in [6.07, 6.45) is 2.70. The predicted molar refractivity (Wildman–Crippen MR) is 73.6 cm³/mol. The minimum Gasteiger partial charge on any atom is -0.360 e. The molecule has 1 aliphatic carbocycles. The quantitative estimate of drug-likeness (QED) is 0.889. The van der Waals surface area contributed by atoms with Crippen molar-refractivity contribution >= 4 is 16.7 Å². The van der Waals surface area contributed by atoms with Gasteiger partial charge in [0.25, 0.3) is 0 Å². The Morgan fingerprint density at radius 3 is 2.41 bits per heavy atom. The Bertz CT molecular complexity index is 386. The van der Waals surface area contributed by atoms with Crippen LogP contribution in [0.2, 0.25) is 0 Å². The number of hydrogen-bond acceptors (Lipinski definition) is 4. The monoisotopic (exact) mass is 253 g/mol. The second-order valence-corrected chi connectivity index (χ2v) is 7.30. The zero-order valence-corrected chi connectivity index (χ0v) is 12.3. The van der Waals surface area contributed by atoms with Crippen molar-refractivity contribution in [1.82, 2.24) is 9.36 Å². The number of aromatic nitrogens is 2. The molecule has 0 amide bonds. The Morgan fingerprint density at radius 1 is 1.35 bits per heavy atom. The van der Waals surface area contributed by atoms with Crippen molar-refractivity contribution in [1.29, 1.82) is 0 Å². The van der Waals surface area contributed by atoms with Crippen LogP contribution < -0.4 is 5.32 Å². The second-order valence-electron chi connectivity index (χ2n) is 6.54. The van der Waals surface area contributed by atoms with Crippen LogP contribution in [0.15, 0.2) is 0 Å². The summed E-state index contributed by atoms with van der Waals surface area (Å²) in [7, 11) is 0. The molecular weight excluding hydrogens is 230 g/mol. The topological polar surface area (TPSA) is 37.8 Å². The molecule has 96 valence electrons. The molecule has 1 aliphatic rings. The summed E-state index contributed by atoms with van der Waals surface area (Å²) < 4.78 is 4.42. The third kappa shape index (κ3) is 2.79. The van der Waals surface area contributed by atoms with Crippen molar-refractivity contribution in [3.05, 3.63) is 5.82 Å². The van der Waals surface area contributed by atoms with Gasteiger partial charge >= 0.3 is 0 Å². The summed E-state index contributed by atoms with van der Waals surface area (Å²) in [4.78, 5) is 4.57. The van der Waals surface area contributed by atoms with Crippen LogP contribution in [0.1, 0.15) is 53.3 Å². The Morgan fingerprint density at radius 2 is 2.00 bits per heavy atom. The van der Waals surface area contributed by atoms with Crippen molar-refractivity contribution in [2.24, 2.45) is 11.3 Å². The summed E-state index contributed by atoms with van der Waals surface area (Å²) in [6, 6.07) is 0. The van der Waals surface area contributed by atoms with Gasteiger partial charge in [-0.3, -0.25) is 0 Å². The van der Waals surface area contributed by atoms with Gasteiger partial charge in [-0.2, -0.15) is 4.37 Å². The fourth-order valence-corrected chi connectivity index (χ4v) is 2.72. The van der Waals surface area contributed by atoms with E-state index in [1.165, 1.54) is 24.4 Å². The van der Waals surface area contributed by atoms with Crippen LogP contribution in [0.5, 0.6) is 0 Å². The molecule has 0 atom stereocenters. The molecule has 1 aromatic rings. The third-order valence-corrected chi connectivity index (χ3v) is 4.48. The smallest absolute Gasteiger partial charge is 0.202 e. The lowest BCUT2D eigenvalue weighted by atomic mass is 9.92. The van der Waals surface area contributed by atoms with E-state index in [4.69, 9.17) is 0 Å². The minimum atomic E-state index is 0.0474. The van der Waals surface area contributed by atoms with E-state index in [0.717, 1.165) is 23.4 Å². The first-order valence-corrected chi connectivity index (χ1v) is 7.19. The third-order valence-electron chi connectivity index (χ3n) is 3.81. The molecule has 2 rings (SSSR count). The maximum Gasteiger partial charge on any atom is 0.202 e. The van der Waals surface area contributed by atoms with E-state index in [9.17, 15) is 0 Å². The number of nitrogens with zero attached hydrogens (tertiary/aromatic N) is 2. The SMILES string of the molecule is CC(C)C1(CNc2nc(C(C)(C)C)ns2)CC1. The molecule has 3 nitrogen and oxygen atoms in total. The molecule has 1 heterocycles. The molecule has 1 N–H and O–H groups in total. The lowest BCUT2D eigenvalue weighted by Crippen LogP contribution is -2.21. The molecule has 0 saturated heterocycles. The largest absolute Gasteiger partial charge is 0.360 e. The molecule has 0 unspecified atom stereocenters. The van der Waals surface area contributed by atoms with Gasteiger partial charge in [0.15, 0.2) is 0 Å². The van der Waals surface area contributed by atoms with Crippen LogP contribution >= 0.6 is 11.5 Å². The highest BCUT2D eigenvalue weighted by atomic mass is 32.1. The average Bonchev–Trinajstić information content (AvgIpc) is 2.85. The lowest BCUT2D eigenvalue weighted by molar-refractivity contribution is 0.380. The predicted octanol–water partition coefficient (Wildman–Crippen LogP) is 3.68. The fraction of sp³-hybridized carbons (Fsp3) is 0.846. The first-order chi connectivity index (χ1) is 7.83. The molecule has 17 heavy (non-hydrogen) atoms. The maximum atomic E-state index is 4.57. The lowest BCUT2D eigenvalue weighted by Gasteiger charge is -2.19. The molecular formula is C13H23N3S. The first-order valence-electron chi connectivity index (χ1n) is 6.42. The van der Waals surface area contributed by atoms with E-state index in [2.05, 4.69) is 49.3 Å². The van der Waals surface area contributed by atoms with E-state index in [-0.39, 0.29) is 5.41 Å². The van der Waals surface area contributed by atoms with Crippen LogP contribution in [0.3, 0.4) is 0 Å². The van der Waals surface area contributed by atoms with Gasteiger partial charge in [0.05, 0.1) is 0 Å². The Labute approximate surface area is 108 Å². The zero-order chi connectivity index (χ0) is 12.7. The number of hydrogen-bond donors (Lipinski definition) is 1. The van der Waals surface area contributed by atoms with Crippen molar-refractivity contribution in [2.45, 2.75) is 52.9 Å². The van der Waals surface area contributed by atoms with Crippen molar-refractivity contribution in [3.8, 4) is 0 Å². The van der Waals surface area contributed by atoms with Gasteiger partial charge in [-0.1, -0.05) is 34.6 Å². The Balaban J connectivity index is 1.94. The van der Waals surface area contributed by atoms with Crippen LogP contribution in [-0.4, -0.2) is 15.9 Å². The van der Waals surface area contributed by atoms with E-state index >= 15 is 0 Å². The van der Waals surface area contributed by atoms with Crippen LogP contribution in [0.25, 0.3) is 0 Å². The van der Waals surface area contributed by atoms with Crippen LogP contribution in [-0.2, 0) is 5.41 Å². The zero-order valence-electron chi connectivity index (χ0n) is 11.5. The highest BCUT2D eigenvalue weighted by Gasteiger charge is 2.45. The van der Waals surface area contributed by atoms with Gasteiger partial charge in [-0.15, -0.1) is 0 Å². The van der Waals surface area contributed by atoms with Crippen molar-refractivity contribution < 1.29 is 0 Å².